The van der Waals surface area contributed by atoms with Crippen molar-refractivity contribution in [2.45, 2.75) is 38.6 Å². The molecular weight excluding hydrogens is 398 g/mol. The molecule has 1 aromatic heterocycles. The number of methoxy groups -OCH3 is 1. The molecule has 0 radical (unpaired) electrons. The molecule has 6 heteroatoms. The minimum absolute atomic E-state index is 0.0320. The molecule has 1 unspecified atom stereocenters. The Bertz CT molecular complexity index is 1130. The molecule has 0 bridgehead atoms. The number of nitrogens with zero attached hydrogens (tertiary/aromatic N) is 3. The third-order valence-corrected chi connectivity index (χ3v) is 6.57. The zero-order valence-corrected chi connectivity index (χ0v) is 19.3. The fourth-order valence-corrected chi connectivity index (χ4v) is 4.89. The minimum atomic E-state index is 0.0320. The average Bonchev–Trinajstić information content (AvgIpc) is 2.79. The molecule has 1 aliphatic heterocycles. The first kappa shape index (κ1) is 20.8. The number of hydrogen-bond acceptors (Lipinski definition) is 6. The fraction of sp³-hybridized carbons (Fsp3) is 0.385. The Hall–Kier alpha value is -3.12. The molecule has 6 nitrogen and oxygen atoms in total. The van der Waals surface area contributed by atoms with E-state index in [2.05, 4.69) is 77.7 Å². The second-order valence-electron chi connectivity index (χ2n) is 9.51. The van der Waals surface area contributed by atoms with E-state index in [9.17, 15) is 0 Å². The number of anilines is 3. The molecule has 1 atom stereocenters. The molecule has 2 N–H and O–H groups in total. The van der Waals surface area contributed by atoms with Gasteiger partial charge >= 0.3 is 0 Å². The summed E-state index contributed by atoms with van der Waals surface area (Å²) >= 11 is 0. The van der Waals surface area contributed by atoms with Crippen LogP contribution in [0.1, 0.15) is 31.9 Å². The molecule has 0 saturated carbocycles. The summed E-state index contributed by atoms with van der Waals surface area (Å²) in [7, 11) is 1.70. The highest BCUT2D eigenvalue weighted by Crippen LogP contribution is 2.43. The van der Waals surface area contributed by atoms with E-state index < -0.39 is 0 Å². The fourth-order valence-electron chi connectivity index (χ4n) is 4.89. The lowest BCUT2D eigenvalue weighted by molar-refractivity contribution is 0.414. The first-order valence-electron chi connectivity index (χ1n) is 11.3. The highest BCUT2D eigenvalue weighted by Gasteiger charge is 2.32. The van der Waals surface area contributed by atoms with Gasteiger partial charge in [0.1, 0.15) is 5.75 Å². The summed E-state index contributed by atoms with van der Waals surface area (Å²) in [5, 5.41) is 6.88. The Balaban J connectivity index is 1.41. The minimum Gasteiger partial charge on any atom is -0.497 e. The number of hydrogen-bond donors (Lipinski definition) is 2. The number of aromatic nitrogens is 2. The summed E-state index contributed by atoms with van der Waals surface area (Å²) in [6.45, 7) is 9.85. The van der Waals surface area contributed by atoms with Crippen LogP contribution in [0.4, 0.5) is 17.3 Å². The lowest BCUT2D eigenvalue weighted by Crippen LogP contribution is -2.49. The Morgan fingerprint density at radius 1 is 1.16 bits per heavy atom. The van der Waals surface area contributed by atoms with Gasteiger partial charge in [-0.15, -0.1) is 0 Å². The number of fused-ring (bicyclic) bond motifs is 3. The van der Waals surface area contributed by atoms with Gasteiger partial charge in [-0.25, -0.2) is 9.97 Å². The Morgan fingerprint density at radius 3 is 2.72 bits per heavy atom. The second kappa shape index (κ2) is 8.10. The molecule has 166 valence electrons. The van der Waals surface area contributed by atoms with Crippen molar-refractivity contribution in [3.63, 3.8) is 0 Å². The summed E-state index contributed by atoms with van der Waals surface area (Å²) in [6, 6.07) is 15.3. The topological polar surface area (TPSA) is 62.3 Å². The zero-order chi connectivity index (χ0) is 22.3. The Labute approximate surface area is 190 Å². The normalized spacial score (nSPS) is 19.1. The van der Waals surface area contributed by atoms with E-state index in [4.69, 9.17) is 9.72 Å². The first-order valence-corrected chi connectivity index (χ1v) is 11.3. The van der Waals surface area contributed by atoms with E-state index >= 15 is 0 Å². The zero-order valence-electron chi connectivity index (χ0n) is 19.3. The first-order chi connectivity index (χ1) is 15.4. The monoisotopic (exact) mass is 429 g/mol. The molecule has 2 heterocycles. The van der Waals surface area contributed by atoms with E-state index in [1.54, 1.807) is 7.11 Å². The maximum Gasteiger partial charge on any atom is 0.227 e. The van der Waals surface area contributed by atoms with Crippen molar-refractivity contribution in [2.24, 2.45) is 0 Å². The predicted molar refractivity (Wildman–Crippen MR) is 130 cm³/mol. The van der Waals surface area contributed by atoms with Gasteiger partial charge in [-0.05, 0) is 66.3 Å². The van der Waals surface area contributed by atoms with Gasteiger partial charge in [0.25, 0.3) is 0 Å². The second-order valence-corrected chi connectivity index (χ2v) is 9.51. The van der Waals surface area contributed by atoms with Gasteiger partial charge in [0.2, 0.25) is 5.95 Å². The molecule has 1 fully saturated rings. The third kappa shape index (κ3) is 3.91. The van der Waals surface area contributed by atoms with Gasteiger partial charge in [-0.3, -0.25) is 0 Å². The number of piperazine rings is 1. The lowest BCUT2D eigenvalue weighted by atomic mass is 9.72. The molecule has 0 amide bonds. The lowest BCUT2D eigenvalue weighted by Gasteiger charge is -2.34. The summed E-state index contributed by atoms with van der Waals surface area (Å²) in [6.07, 6.45) is 2.88. The molecule has 1 saturated heterocycles. The van der Waals surface area contributed by atoms with Crippen molar-refractivity contribution in [3.8, 4) is 17.0 Å². The number of benzene rings is 2. The smallest absolute Gasteiger partial charge is 0.227 e. The van der Waals surface area contributed by atoms with Gasteiger partial charge in [-0.2, -0.15) is 0 Å². The van der Waals surface area contributed by atoms with Gasteiger partial charge in [0.15, 0.2) is 0 Å². The van der Waals surface area contributed by atoms with Gasteiger partial charge in [0, 0.05) is 48.8 Å². The molecule has 5 rings (SSSR count). The largest absolute Gasteiger partial charge is 0.497 e. The number of rotatable bonds is 4. The van der Waals surface area contributed by atoms with Crippen LogP contribution in [0.5, 0.6) is 5.75 Å². The van der Waals surface area contributed by atoms with Crippen molar-refractivity contribution in [1.82, 2.24) is 15.3 Å². The maximum absolute atomic E-state index is 5.49. The highest BCUT2D eigenvalue weighted by atomic mass is 16.5. The van der Waals surface area contributed by atoms with Crippen LogP contribution in [0, 0.1) is 0 Å². The van der Waals surface area contributed by atoms with E-state index in [-0.39, 0.29) is 5.41 Å². The van der Waals surface area contributed by atoms with Crippen LogP contribution in [0.2, 0.25) is 0 Å². The summed E-state index contributed by atoms with van der Waals surface area (Å²) < 4.78 is 5.49. The van der Waals surface area contributed by atoms with Crippen LogP contribution < -0.4 is 20.3 Å². The number of ether oxygens (including phenoxy) is 1. The van der Waals surface area contributed by atoms with Gasteiger partial charge in [-0.1, -0.05) is 19.9 Å². The maximum atomic E-state index is 5.49. The Kier molecular flexibility index (Phi) is 5.25. The van der Waals surface area contributed by atoms with Crippen molar-refractivity contribution in [1.29, 1.82) is 0 Å². The van der Waals surface area contributed by atoms with Crippen LogP contribution in [-0.2, 0) is 11.8 Å². The molecule has 1 aliphatic carbocycles. The van der Waals surface area contributed by atoms with Crippen LogP contribution >= 0.6 is 0 Å². The van der Waals surface area contributed by atoms with Crippen molar-refractivity contribution in [3.05, 3.63) is 59.8 Å². The molecule has 2 aliphatic rings. The molecule has 3 aromatic rings. The van der Waals surface area contributed by atoms with Crippen molar-refractivity contribution in [2.75, 3.05) is 37.0 Å². The SMILES string of the molecule is COc1ccc2c(c1)-c1nc(Nc3ccc(N4CCNC(C)C4)cc3)ncc1CC2(C)C. The van der Waals surface area contributed by atoms with E-state index in [1.807, 2.05) is 12.3 Å². The Morgan fingerprint density at radius 2 is 1.97 bits per heavy atom. The number of nitrogens with one attached hydrogen (secondary N) is 2. The highest BCUT2D eigenvalue weighted by molar-refractivity contribution is 5.74. The predicted octanol–water partition coefficient (Wildman–Crippen LogP) is 4.53. The van der Waals surface area contributed by atoms with Crippen LogP contribution in [0.15, 0.2) is 48.7 Å². The summed E-state index contributed by atoms with van der Waals surface area (Å²) in [4.78, 5) is 12.0. The van der Waals surface area contributed by atoms with E-state index in [1.165, 1.54) is 16.8 Å². The summed E-state index contributed by atoms with van der Waals surface area (Å²) in [5.74, 6) is 1.46. The van der Waals surface area contributed by atoms with Gasteiger partial charge < -0.3 is 20.3 Å². The molecule has 0 spiro atoms. The van der Waals surface area contributed by atoms with Crippen LogP contribution in [0.25, 0.3) is 11.3 Å². The third-order valence-electron chi connectivity index (χ3n) is 6.57. The van der Waals surface area contributed by atoms with Crippen molar-refractivity contribution < 1.29 is 4.74 Å². The van der Waals surface area contributed by atoms with E-state index in [0.717, 1.165) is 48.7 Å². The quantitative estimate of drug-likeness (QED) is 0.636. The van der Waals surface area contributed by atoms with Crippen molar-refractivity contribution >= 4 is 17.3 Å². The van der Waals surface area contributed by atoms with E-state index in [0.29, 0.717) is 12.0 Å². The molecular formula is C26H31N5O. The summed E-state index contributed by atoms with van der Waals surface area (Å²) in [5.41, 5.74) is 6.85. The molecule has 32 heavy (non-hydrogen) atoms. The van der Waals surface area contributed by atoms with Gasteiger partial charge in [0.05, 0.1) is 12.8 Å². The molecule has 2 aromatic carbocycles. The van der Waals surface area contributed by atoms with Crippen LogP contribution in [-0.4, -0.2) is 42.8 Å². The average molecular weight is 430 g/mol. The standard InChI is InChI=1S/C26H31N5O/c1-17-16-31(12-11-27-17)20-7-5-19(6-8-20)29-25-28-15-18-14-26(2,3)23-10-9-21(32-4)13-22(23)24(18)30-25/h5-10,13,15,17,27H,11-12,14,16H2,1-4H3,(H,28,29,30). The van der Waals surface area contributed by atoms with Crippen LogP contribution in [0.3, 0.4) is 0 Å².